The maximum atomic E-state index is 10.3. The number of rotatable bonds is 6. The lowest BCUT2D eigenvalue weighted by Gasteiger charge is -2.12. The molecule has 3 heteroatoms. The van der Waals surface area contributed by atoms with Crippen LogP contribution in [-0.4, -0.2) is 17.0 Å². The van der Waals surface area contributed by atoms with Crippen LogP contribution in [0.5, 0.6) is 5.75 Å². The van der Waals surface area contributed by atoms with Crippen LogP contribution in [0.3, 0.4) is 0 Å². The van der Waals surface area contributed by atoms with Gasteiger partial charge in [-0.15, -0.1) is 11.8 Å². The molecule has 2 nitrogen and oxygen atoms in total. The molecule has 1 unspecified atom stereocenters. The number of aliphatic hydroxyl groups is 1. The lowest BCUT2D eigenvalue weighted by atomic mass is 10.1. The Hall–Kier alpha value is -1.45. The Morgan fingerprint density at radius 3 is 2.38 bits per heavy atom. The Balaban J connectivity index is 1.54. The van der Waals surface area contributed by atoms with E-state index >= 15 is 0 Å². The molecule has 1 aliphatic carbocycles. The second-order valence-corrected chi connectivity index (χ2v) is 6.62. The van der Waals surface area contributed by atoms with Gasteiger partial charge in [-0.1, -0.05) is 29.8 Å². The molecule has 3 rings (SSSR count). The summed E-state index contributed by atoms with van der Waals surface area (Å²) in [5, 5.41) is 10.3. The van der Waals surface area contributed by atoms with E-state index in [0.29, 0.717) is 11.9 Å². The van der Waals surface area contributed by atoms with Crippen molar-refractivity contribution in [3.63, 3.8) is 0 Å². The minimum atomic E-state index is -0.453. The molecule has 0 bridgehead atoms. The Kier molecular flexibility index (Phi) is 4.51. The Labute approximate surface area is 130 Å². The fourth-order valence-corrected chi connectivity index (χ4v) is 2.92. The fourth-order valence-electron chi connectivity index (χ4n) is 2.05. The summed E-state index contributed by atoms with van der Waals surface area (Å²) in [6, 6.07) is 16.2. The van der Waals surface area contributed by atoms with Crippen molar-refractivity contribution in [2.24, 2.45) is 0 Å². The first-order valence-corrected chi connectivity index (χ1v) is 8.33. The molecule has 0 aliphatic heterocycles. The first-order valence-electron chi connectivity index (χ1n) is 7.35. The number of aryl methyl sites for hydroxylation is 1. The third-order valence-electron chi connectivity index (χ3n) is 3.52. The number of ether oxygens (including phenoxy) is 1. The van der Waals surface area contributed by atoms with E-state index in [4.69, 9.17) is 4.74 Å². The zero-order valence-electron chi connectivity index (χ0n) is 12.2. The Bertz CT molecular complexity index is 573. The quantitative estimate of drug-likeness (QED) is 0.804. The molecule has 1 atom stereocenters. The minimum absolute atomic E-state index is 0.415. The molecule has 2 aromatic rings. The molecule has 0 saturated heterocycles. The number of thioether (sulfide) groups is 1. The van der Waals surface area contributed by atoms with E-state index in [1.54, 1.807) is 11.8 Å². The summed E-state index contributed by atoms with van der Waals surface area (Å²) in [7, 11) is 0. The lowest BCUT2D eigenvalue weighted by Crippen LogP contribution is -2.01. The van der Waals surface area contributed by atoms with Crippen LogP contribution in [0.1, 0.15) is 30.1 Å². The highest BCUT2D eigenvalue weighted by atomic mass is 32.2. The third kappa shape index (κ3) is 4.26. The molecular weight excluding hydrogens is 280 g/mol. The summed E-state index contributed by atoms with van der Waals surface area (Å²) < 4.78 is 5.71. The summed E-state index contributed by atoms with van der Waals surface area (Å²) in [6.07, 6.45) is 2.29. The molecule has 0 amide bonds. The second kappa shape index (κ2) is 6.54. The molecule has 21 heavy (non-hydrogen) atoms. The molecule has 0 radical (unpaired) electrons. The topological polar surface area (TPSA) is 29.5 Å². The number of benzene rings is 2. The Morgan fingerprint density at radius 2 is 1.76 bits per heavy atom. The van der Waals surface area contributed by atoms with Gasteiger partial charge in [0.1, 0.15) is 5.75 Å². The van der Waals surface area contributed by atoms with Crippen LogP contribution in [-0.2, 0) is 0 Å². The van der Waals surface area contributed by atoms with Gasteiger partial charge in [0.15, 0.2) is 0 Å². The van der Waals surface area contributed by atoms with Gasteiger partial charge in [0.2, 0.25) is 0 Å². The van der Waals surface area contributed by atoms with Gasteiger partial charge in [0.25, 0.3) is 0 Å². The zero-order chi connectivity index (χ0) is 14.7. The number of aliphatic hydroxyl groups excluding tert-OH is 1. The fraction of sp³-hybridized carbons (Fsp3) is 0.333. The molecule has 0 heterocycles. The van der Waals surface area contributed by atoms with Crippen molar-refractivity contribution in [2.75, 3.05) is 5.75 Å². The van der Waals surface area contributed by atoms with Gasteiger partial charge in [-0.3, -0.25) is 0 Å². The largest absolute Gasteiger partial charge is 0.490 e. The van der Waals surface area contributed by atoms with Crippen LogP contribution in [0, 0.1) is 6.92 Å². The zero-order valence-corrected chi connectivity index (χ0v) is 13.0. The van der Waals surface area contributed by atoms with E-state index < -0.39 is 6.10 Å². The summed E-state index contributed by atoms with van der Waals surface area (Å²) >= 11 is 1.68. The van der Waals surface area contributed by atoms with Crippen molar-refractivity contribution in [1.82, 2.24) is 0 Å². The molecule has 0 aromatic heterocycles. The lowest BCUT2D eigenvalue weighted by molar-refractivity contribution is 0.204. The molecule has 110 valence electrons. The minimum Gasteiger partial charge on any atom is -0.490 e. The van der Waals surface area contributed by atoms with Gasteiger partial charge in [0, 0.05) is 10.6 Å². The van der Waals surface area contributed by atoms with Crippen molar-refractivity contribution < 1.29 is 9.84 Å². The number of hydrogen-bond acceptors (Lipinski definition) is 3. The van der Waals surface area contributed by atoms with Gasteiger partial charge < -0.3 is 9.84 Å². The van der Waals surface area contributed by atoms with Gasteiger partial charge in [0.05, 0.1) is 12.2 Å². The highest BCUT2D eigenvalue weighted by molar-refractivity contribution is 7.99. The molecule has 2 aromatic carbocycles. The predicted molar refractivity (Wildman–Crippen MR) is 87.0 cm³/mol. The Morgan fingerprint density at radius 1 is 1.10 bits per heavy atom. The van der Waals surface area contributed by atoms with Crippen LogP contribution >= 0.6 is 11.8 Å². The van der Waals surface area contributed by atoms with E-state index in [-0.39, 0.29) is 0 Å². The summed E-state index contributed by atoms with van der Waals surface area (Å²) in [6.45, 7) is 2.08. The van der Waals surface area contributed by atoms with Crippen molar-refractivity contribution in [1.29, 1.82) is 0 Å². The van der Waals surface area contributed by atoms with E-state index in [2.05, 4.69) is 31.2 Å². The van der Waals surface area contributed by atoms with Gasteiger partial charge in [-0.2, -0.15) is 0 Å². The molecule has 1 aliphatic rings. The normalized spacial score (nSPS) is 15.7. The molecular formula is C18H20O2S. The van der Waals surface area contributed by atoms with E-state index in [1.807, 2.05) is 24.3 Å². The van der Waals surface area contributed by atoms with Crippen LogP contribution in [0.15, 0.2) is 53.4 Å². The molecule has 1 fully saturated rings. The van der Waals surface area contributed by atoms with Gasteiger partial charge >= 0.3 is 0 Å². The maximum absolute atomic E-state index is 10.3. The number of hydrogen-bond donors (Lipinski definition) is 1. The van der Waals surface area contributed by atoms with Crippen LogP contribution in [0.25, 0.3) is 0 Å². The van der Waals surface area contributed by atoms with E-state index in [9.17, 15) is 5.11 Å². The first kappa shape index (κ1) is 14.5. The van der Waals surface area contributed by atoms with Crippen molar-refractivity contribution in [3.8, 4) is 5.75 Å². The van der Waals surface area contributed by atoms with E-state index in [0.717, 1.165) is 24.2 Å². The smallest absolute Gasteiger partial charge is 0.119 e. The second-order valence-electron chi connectivity index (χ2n) is 5.53. The average molecular weight is 300 g/mol. The van der Waals surface area contributed by atoms with Crippen LogP contribution in [0.2, 0.25) is 0 Å². The van der Waals surface area contributed by atoms with Gasteiger partial charge in [-0.25, -0.2) is 0 Å². The van der Waals surface area contributed by atoms with Gasteiger partial charge in [-0.05, 0) is 49.6 Å². The first-order chi connectivity index (χ1) is 10.2. The highest BCUT2D eigenvalue weighted by Crippen LogP contribution is 2.29. The standard InChI is InChI=1S/C18H20O2S/c1-13-2-10-17(11-3-13)21-12-18(19)14-4-6-15(7-5-14)20-16-8-9-16/h2-7,10-11,16,18-19H,8-9,12H2,1H3. The SMILES string of the molecule is Cc1ccc(SCC(O)c2ccc(OC3CC3)cc2)cc1. The summed E-state index contributed by atoms with van der Waals surface area (Å²) in [5.41, 5.74) is 2.20. The average Bonchev–Trinajstić information content (AvgIpc) is 3.31. The van der Waals surface area contributed by atoms with Crippen LogP contribution in [0.4, 0.5) is 0 Å². The predicted octanol–water partition coefficient (Wildman–Crippen LogP) is 4.36. The van der Waals surface area contributed by atoms with Crippen LogP contribution < -0.4 is 4.74 Å². The molecule has 0 spiro atoms. The monoisotopic (exact) mass is 300 g/mol. The summed E-state index contributed by atoms with van der Waals surface area (Å²) in [5.74, 6) is 1.56. The van der Waals surface area contributed by atoms with Crippen molar-refractivity contribution in [2.45, 2.75) is 36.9 Å². The van der Waals surface area contributed by atoms with E-state index in [1.165, 1.54) is 10.5 Å². The third-order valence-corrected chi connectivity index (χ3v) is 4.61. The van der Waals surface area contributed by atoms with Crippen molar-refractivity contribution in [3.05, 3.63) is 59.7 Å². The molecule has 1 saturated carbocycles. The molecule has 1 N–H and O–H groups in total. The van der Waals surface area contributed by atoms with Crippen molar-refractivity contribution >= 4 is 11.8 Å². The highest BCUT2D eigenvalue weighted by Gasteiger charge is 2.23. The summed E-state index contributed by atoms with van der Waals surface area (Å²) in [4.78, 5) is 1.19. The maximum Gasteiger partial charge on any atom is 0.119 e.